The summed E-state index contributed by atoms with van der Waals surface area (Å²) in [5.41, 5.74) is 1.67. The van der Waals surface area contributed by atoms with Crippen LogP contribution < -0.4 is 5.32 Å². The van der Waals surface area contributed by atoms with Gasteiger partial charge in [0.25, 0.3) is 0 Å². The molecule has 0 radical (unpaired) electrons. The van der Waals surface area contributed by atoms with Crippen molar-refractivity contribution >= 4 is 17.7 Å². The van der Waals surface area contributed by atoms with E-state index in [-0.39, 0.29) is 30.1 Å². The number of carbonyl (C=O) groups excluding carboxylic acids is 3. The number of amides is 1. The van der Waals surface area contributed by atoms with E-state index in [0.717, 1.165) is 37.7 Å². The summed E-state index contributed by atoms with van der Waals surface area (Å²) in [5.74, 6) is -0.365. The SMILES string of the molecule is CCc1ccc(C(=O)COC(=O)C(NC(=O)C2CCC(C)CC2)C(C)C)cc1. The largest absolute Gasteiger partial charge is 0.456 e. The van der Waals surface area contributed by atoms with Crippen LogP contribution >= 0.6 is 0 Å². The maximum absolute atomic E-state index is 12.6. The zero-order valence-electron chi connectivity index (χ0n) is 17.5. The summed E-state index contributed by atoms with van der Waals surface area (Å²) in [5, 5.41) is 2.85. The number of Topliss-reactive ketones (excluding diaryl/α,β-unsaturated/α-hetero) is 1. The molecule has 0 spiro atoms. The summed E-state index contributed by atoms with van der Waals surface area (Å²) >= 11 is 0. The van der Waals surface area contributed by atoms with Gasteiger partial charge < -0.3 is 10.1 Å². The minimum absolute atomic E-state index is 0.0380. The van der Waals surface area contributed by atoms with Crippen LogP contribution in [0.1, 0.15) is 69.3 Å². The smallest absolute Gasteiger partial charge is 0.329 e. The topological polar surface area (TPSA) is 72.5 Å². The highest BCUT2D eigenvalue weighted by atomic mass is 16.5. The first-order chi connectivity index (χ1) is 13.3. The Morgan fingerprint density at radius 2 is 1.68 bits per heavy atom. The van der Waals surface area contributed by atoms with Crippen molar-refractivity contribution in [1.82, 2.24) is 5.32 Å². The van der Waals surface area contributed by atoms with Crippen molar-refractivity contribution < 1.29 is 19.1 Å². The van der Waals surface area contributed by atoms with Crippen molar-refractivity contribution in [2.24, 2.45) is 17.8 Å². The van der Waals surface area contributed by atoms with Gasteiger partial charge in [-0.2, -0.15) is 0 Å². The molecule has 0 heterocycles. The third kappa shape index (κ3) is 6.18. The first-order valence-electron chi connectivity index (χ1n) is 10.4. The standard InChI is InChI=1S/C23H33NO4/c1-5-17-8-12-18(13-9-17)20(25)14-28-23(27)21(15(2)3)24-22(26)19-10-6-16(4)7-11-19/h8-9,12-13,15-16,19,21H,5-7,10-11,14H2,1-4H3,(H,24,26). The molecule has 1 N–H and O–H groups in total. The van der Waals surface area contributed by atoms with Gasteiger partial charge in [-0.25, -0.2) is 4.79 Å². The Kier molecular flexibility index (Phi) is 8.21. The van der Waals surface area contributed by atoms with E-state index in [1.165, 1.54) is 0 Å². The van der Waals surface area contributed by atoms with Gasteiger partial charge in [0.15, 0.2) is 12.4 Å². The van der Waals surface area contributed by atoms with Crippen molar-refractivity contribution in [2.75, 3.05) is 6.61 Å². The lowest BCUT2D eigenvalue weighted by Crippen LogP contribution is -2.48. The molecule has 154 valence electrons. The van der Waals surface area contributed by atoms with E-state index < -0.39 is 12.0 Å². The van der Waals surface area contributed by atoms with Gasteiger partial charge in [0.2, 0.25) is 5.91 Å². The average Bonchev–Trinajstić information content (AvgIpc) is 2.70. The number of carbonyl (C=O) groups is 3. The molecule has 0 aliphatic heterocycles. The van der Waals surface area contributed by atoms with Crippen molar-refractivity contribution in [1.29, 1.82) is 0 Å². The summed E-state index contributed by atoms with van der Waals surface area (Å²) in [6, 6.07) is 6.57. The summed E-state index contributed by atoms with van der Waals surface area (Å²) in [7, 11) is 0. The molecule has 1 aliphatic carbocycles. The molecule has 1 fully saturated rings. The van der Waals surface area contributed by atoms with Crippen LogP contribution in [0, 0.1) is 17.8 Å². The van der Waals surface area contributed by atoms with Gasteiger partial charge in [-0.3, -0.25) is 9.59 Å². The van der Waals surface area contributed by atoms with Gasteiger partial charge in [0, 0.05) is 11.5 Å². The second-order valence-corrected chi connectivity index (χ2v) is 8.27. The van der Waals surface area contributed by atoms with E-state index in [2.05, 4.69) is 12.2 Å². The number of hydrogen-bond acceptors (Lipinski definition) is 4. The minimum Gasteiger partial charge on any atom is -0.456 e. The maximum atomic E-state index is 12.6. The van der Waals surface area contributed by atoms with Crippen molar-refractivity contribution in [3.05, 3.63) is 35.4 Å². The number of ether oxygens (including phenoxy) is 1. The highest BCUT2D eigenvalue weighted by Crippen LogP contribution is 2.28. The lowest BCUT2D eigenvalue weighted by Gasteiger charge is -2.28. The quantitative estimate of drug-likeness (QED) is 0.542. The summed E-state index contributed by atoms with van der Waals surface area (Å²) in [6.45, 7) is 7.66. The molecule has 0 saturated heterocycles. The zero-order chi connectivity index (χ0) is 20.7. The van der Waals surface area contributed by atoms with Crippen LogP contribution in [0.3, 0.4) is 0 Å². The first-order valence-corrected chi connectivity index (χ1v) is 10.4. The molecule has 1 aromatic carbocycles. The molecular formula is C23H33NO4. The number of benzene rings is 1. The highest BCUT2D eigenvalue weighted by Gasteiger charge is 2.31. The fourth-order valence-electron chi connectivity index (χ4n) is 3.53. The molecule has 1 aromatic rings. The maximum Gasteiger partial charge on any atom is 0.329 e. The third-order valence-corrected chi connectivity index (χ3v) is 5.63. The molecule has 5 heteroatoms. The lowest BCUT2D eigenvalue weighted by atomic mass is 9.82. The Balaban J connectivity index is 1.89. The fraction of sp³-hybridized carbons (Fsp3) is 0.609. The van der Waals surface area contributed by atoms with Crippen LogP contribution in [-0.4, -0.2) is 30.3 Å². The second kappa shape index (κ2) is 10.4. The molecule has 28 heavy (non-hydrogen) atoms. The average molecular weight is 388 g/mol. The lowest BCUT2D eigenvalue weighted by molar-refractivity contribution is -0.148. The molecule has 0 aromatic heterocycles. The first kappa shape index (κ1) is 22.1. The number of rotatable bonds is 8. The monoisotopic (exact) mass is 387 g/mol. The Hall–Kier alpha value is -2.17. The molecule has 0 bridgehead atoms. The molecule has 2 rings (SSSR count). The highest BCUT2D eigenvalue weighted by molar-refractivity contribution is 5.98. The van der Waals surface area contributed by atoms with Crippen LogP contribution in [0.4, 0.5) is 0 Å². The predicted molar refractivity (Wildman–Crippen MR) is 109 cm³/mol. The fourth-order valence-corrected chi connectivity index (χ4v) is 3.53. The van der Waals surface area contributed by atoms with Crippen LogP contribution in [0.25, 0.3) is 0 Å². The van der Waals surface area contributed by atoms with E-state index in [1.807, 2.05) is 32.9 Å². The van der Waals surface area contributed by atoms with Crippen molar-refractivity contribution in [3.8, 4) is 0 Å². The second-order valence-electron chi connectivity index (χ2n) is 8.27. The van der Waals surface area contributed by atoms with E-state index in [0.29, 0.717) is 11.5 Å². The third-order valence-electron chi connectivity index (χ3n) is 5.63. The molecule has 1 aliphatic rings. The molecule has 1 saturated carbocycles. The van der Waals surface area contributed by atoms with E-state index in [9.17, 15) is 14.4 Å². The van der Waals surface area contributed by atoms with E-state index in [4.69, 9.17) is 4.74 Å². The van der Waals surface area contributed by atoms with Gasteiger partial charge in [-0.1, -0.05) is 52.0 Å². The number of nitrogens with one attached hydrogen (secondary N) is 1. The van der Waals surface area contributed by atoms with Crippen LogP contribution in [-0.2, 0) is 20.7 Å². The number of esters is 1. The predicted octanol–water partition coefficient (Wildman–Crippen LogP) is 3.94. The zero-order valence-corrected chi connectivity index (χ0v) is 17.5. The van der Waals surface area contributed by atoms with Crippen molar-refractivity contribution in [3.63, 3.8) is 0 Å². The Morgan fingerprint density at radius 1 is 1.07 bits per heavy atom. The van der Waals surface area contributed by atoms with Crippen LogP contribution in [0.2, 0.25) is 0 Å². The summed E-state index contributed by atoms with van der Waals surface area (Å²) in [6.07, 6.45) is 4.71. The van der Waals surface area contributed by atoms with Gasteiger partial charge >= 0.3 is 5.97 Å². The molecular weight excluding hydrogens is 354 g/mol. The Morgan fingerprint density at radius 3 is 2.21 bits per heavy atom. The van der Waals surface area contributed by atoms with Gasteiger partial charge in [-0.15, -0.1) is 0 Å². The number of hydrogen-bond donors (Lipinski definition) is 1. The van der Waals surface area contributed by atoms with E-state index >= 15 is 0 Å². The van der Waals surface area contributed by atoms with Crippen molar-refractivity contribution in [2.45, 2.75) is 65.8 Å². The van der Waals surface area contributed by atoms with Gasteiger partial charge in [0.05, 0.1) is 0 Å². The molecule has 5 nitrogen and oxygen atoms in total. The van der Waals surface area contributed by atoms with Crippen LogP contribution in [0.15, 0.2) is 24.3 Å². The number of aryl methyl sites for hydroxylation is 1. The van der Waals surface area contributed by atoms with Gasteiger partial charge in [0.1, 0.15) is 6.04 Å². The molecule has 1 amide bonds. The summed E-state index contributed by atoms with van der Waals surface area (Å²) in [4.78, 5) is 37.3. The Labute approximate surface area is 168 Å². The molecule has 1 unspecified atom stereocenters. The van der Waals surface area contributed by atoms with Gasteiger partial charge in [-0.05, 0) is 49.5 Å². The minimum atomic E-state index is -0.734. The Bertz CT molecular complexity index is 672. The summed E-state index contributed by atoms with van der Waals surface area (Å²) < 4.78 is 5.24. The molecule has 1 atom stereocenters. The normalized spacial score (nSPS) is 20.5. The van der Waals surface area contributed by atoms with Crippen LogP contribution in [0.5, 0.6) is 0 Å². The number of ketones is 1. The van der Waals surface area contributed by atoms with E-state index in [1.54, 1.807) is 12.1 Å².